The van der Waals surface area contributed by atoms with Crippen LogP contribution in [0.25, 0.3) is 0 Å². The molecule has 0 aromatic heterocycles. The third kappa shape index (κ3) is 3.85. The molecule has 0 unspecified atom stereocenters. The van der Waals surface area contributed by atoms with E-state index in [-0.39, 0.29) is 17.9 Å². The van der Waals surface area contributed by atoms with Gasteiger partial charge in [-0.15, -0.1) is 11.8 Å². The van der Waals surface area contributed by atoms with E-state index in [1.807, 2.05) is 25.1 Å². The number of benzene rings is 2. The minimum Gasteiger partial charge on any atom is -0.324 e. The molecule has 2 heterocycles. The van der Waals surface area contributed by atoms with Gasteiger partial charge in [-0.3, -0.25) is 19.5 Å². The number of anilines is 2. The summed E-state index contributed by atoms with van der Waals surface area (Å²) in [4.78, 5) is 32.2. The molecule has 27 heavy (non-hydrogen) atoms. The number of fused-ring (bicyclic) bond motifs is 1. The van der Waals surface area contributed by atoms with Gasteiger partial charge in [0.2, 0.25) is 5.91 Å². The van der Waals surface area contributed by atoms with Crippen molar-refractivity contribution in [3.63, 3.8) is 0 Å². The lowest BCUT2D eigenvalue weighted by atomic mass is 10.1. The van der Waals surface area contributed by atoms with Gasteiger partial charge >= 0.3 is 0 Å². The molecule has 0 radical (unpaired) electrons. The first-order valence-corrected chi connectivity index (χ1v) is 10.7. The molecule has 0 fully saturated rings. The Labute approximate surface area is 170 Å². The Morgan fingerprint density at radius 1 is 1.22 bits per heavy atom. The molecular formula is C19H16ClN3O2S2. The molecule has 2 aliphatic rings. The van der Waals surface area contributed by atoms with E-state index >= 15 is 0 Å². The number of aliphatic imine (C=N–C) groups is 1. The van der Waals surface area contributed by atoms with Crippen molar-refractivity contribution >= 4 is 63.5 Å². The number of nitrogens with zero attached hydrogens (tertiary/aromatic N) is 2. The van der Waals surface area contributed by atoms with E-state index in [1.54, 1.807) is 40.9 Å². The van der Waals surface area contributed by atoms with Crippen LogP contribution in [0.15, 0.2) is 52.4 Å². The van der Waals surface area contributed by atoms with E-state index in [1.165, 1.54) is 11.8 Å². The fourth-order valence-corrected chi connectivity index (χ4v) is 4.78. The molecule has 2 aromatic carbocycles. The molecule has 4 rings (SSSR count). The quantitative estimate of drug-likeness (QED) is 0.780. The molecule has 1 atom stereocenters. The van der Waals surface area contributed by atoms with Gasteiger partial charge in [-0.1, -0.05) is 23.4 Å². The van der Waals surface area contributed by atoms with Crippen molar-refractivity contribution in [1.29, 1.82) is 0 Å². The summed E-state index contributed by atoms with van der Waals surface area (Å²) in [7, 11) is 0. The Bertz CT molecular complexity index is 946. The van der Waals surface area contributed by atoms with Crippen LogP contribution in [0.5, 0.6) is 0 Å². The summed E-state index contributed by atoms with van der Waals surface area (Å²) in [6.07, 6.45) is 0. The average molecular weight is 418 g/mol. The lowest BCUT2D eigenvalue weighted by Gasteiger charge is -2.23. The topological polar surface area (TPSA) is 61.8 Å². The van der Waals surface area contributed by atoms with E-state index in [2.05, 4.69) is 10.3 Å². The summed E-state index contributed by atoms with van der Waals surface area (Å²) in [5.74, 6) is 0.980. The zero-order chi connectivity index (χ0) is 19.0. The van der Waals surface area contributed by atoms with Crippen LogP contribution in [-0.4, -0.2) is 34.5 Å². The summed E-state index contributed by atoms with van der Waals surface area (Å²) >= 11 is 9.04. The predicted molar refractivity (Wildman–Crippen MR) is 113 cm³/mol. The van der Waals surface area contributed by atoms with Gasteiger partial charge < -0.3 is 5.32 Å². The highest BCUT2D eigenvalue weighted by molar-refractivity contribution is 8.14. The van der Waals surface area contributed by atoms with Gasteiger partial charge in [0.25, 0.3) is 5.91 Å². The number of hydrogen-bond donors (Lipinski definition) is 1. The molecule has 0 bridgehead atoms. The second kappa shape index (κ2) is 7.58. The van der Waals surface area contributed by atoms with E-state index in [0.29, 0.717) is 32.9 Å². The number of thioether (sulfide) groups is 2. The second-order valence-electron chi connectivity index (χ2n) is 6.24. The number of amides is 2. The Balaban J connectivity index is 1.73. The Kier molecular flexibility index (Phi) is 5.16. The fourth-order valence-electron chi connectivity index (χ4n) is 2.83. The normalized spacial score (nSPS) is 18.5. The summed E-state index contributed by atoms with van der Waals surface area (Å²) in [5, 5.41) is 4.11. The number of rotatable bonds is 2. The van der Waals surface area contributed by atoms with E-state index in [0.717, 1.165) is 10.6 Å². The minimum atomic E-state index is -0.190. The first-order valence-electron chi connectivity index (χ1n) is 8.38. The van der Waals surface area contributed by atoms with Crippen LogP contribution in [0.3, 0.4) is 0 Å². The fraction of sp³-hybridized carbons (Fsp3) is 0.211. The Hall–Kier alpha value is -1.96. The summed E-state index contributed by atoms with van der Waals surface area (Å²) in [6.45, 7) is 2.02. The van der Waals surface area contributed by atoms with Gasteiger partial charge in [0.15, 0.2) is 5.17 Å². The van der Waals surface area contributed by atoms with Crippen molar-refractivity contribution in [2.75, 3.05) is 21.7 Å². The molecule has 0 spiro atoms. The smallest absolute Gasteiger partial charge is 0.264 e. The van der Waals surface area contributed by atoms with Gasteiger partial charge in [0.05, 0.1) is 23.2 Å². The molecule has 2 amide bonds. The Morgan fingerprint density at radius 2 is 2.00 bits per heavy atom. The third-order valence-corrected chi connectivity index (χ3v) is 6.64. The molecule has 8 heteroatoms. The maximum atomic E-state index is 13.4. The highest BCUT2D eigenvalue weighted by atomic mass is 35.5. The number of hydrogen-bond acceptors (Lipinski definition) is 5. The monoisotopic (exact) mass is 417 g/mol. The number of carbonyl (C=O) groups excluding carboxylic acids is 2. The first kappa shape index (κ1) is 18.4. The summed E-state index contributed by atoms with van der Waals surface area (Å²) in [6, 6.07) is 12.7. The van der Waals surface area contributed by atoms with Crippen LogP contribution in [0.4, 0.5) is 11.4 Å². The predicted octanol–water partition coefficient (Wildman–Crippen LogP) is 4.52. The van der Waals surface area contributed by atoms with Crippen molar-refractivity contribution in [2.24, 2.45) is 4.99 Å². The molecule has 138 valence electrons. The maximum Gasteiger partial charge on any atom is 0.264 e. The highest BCUT2D eigenvalue weighted by Crippen LogP contribution is 2.34. The first-order chi connectivity index (χ1) is 13.0. The van der Waals surface area contributed by atoms with Crippen molar-refractivity contribution in [3.8, 4) is 0 Å². The lowest BCUT2D eigenvalue weighted by molar-refractivity contribution is -0.113. The Morgan fingerprint density at radius 3 is 2.70 bits per heavy atom. The summed E-state index contributed by atoms with van der Waals surface area (Å²) < 4.78 is 0. The maximum absolute atomic E-state index is 13.4. The van der Waals surface area contributed by atoms with Crippen LogP contribution in [0.2, 0.25) is 5.02 Å². The number of carbonyl (C=O) groups is 2. The molecule has 2 aliphatic heterocycles. The SMILES string of the molecule is C[C@H]1CSC(N(C(=O)c2ccc3c(c2)NC(=O)CS3)c2ccc(Cl)cc2)=N1. The molecule has 0 saturated carbocycles. The standard InChI is InChI=1S/C19H16ClN3O2S2/c1-11-9-27-19(21-11)23(14-5-3-13(20)4-6-14)18(25)12-2-7-16-15(8-12)22-17(24)10-26-16/h2-8,11H,9-10H2,1H3,(H,22,24)/t11-/m0/s1. The van der Waals surface area contributed by atoms with Crippen LogP contribution in [0.1, 0.15) is 17.3 Å². The van der Waals surface area contributed by atoms with E-state index in [9.17, 15) is 9.59 Å². The number of nitrogens with one attached hydrogen (secondary N) is 1. The lowest BCUT2D eigenvalue weighted by Crippen LogP contribution is -2.34. The van der Waals surface area contributed by atoms with Gasteiger partial charge in [-0.2, -0.15) is 0 Å². The molecular weight excluding hydrogens is 402 g/mol. The average Bonchev–Trinajstić information content (AvgIpc) is 3.08. The minimum absolute atomic E-state index is 0.0591. The van der Waals surface area contributed by atoms with Crippen molar-refractivity contribution in [1.82, 2.24) is 0 Å². The molecule has 1 N–H and O–H groups in total. The highest BCUT2D eigenvalue weighted by Gasteiger charge is 2.28. The molecule has 2 aromatic rings. The second-order valence-corrected chi connectivity index (χ2v) is 8.68. The van der Waals surface area contributed by atoms with E-state index < -0.39 is 0 Å². The van der Waals surface area contributed by atoms with Crippen LogP contribution >= 0.6 is 35.1 Å². The zero-order valence-electron chi connectivity index (χ0n) is 14.4. The van der Waals surface area contributed by atoms with Crippen molar-refractivity contribution in [3.05, 3.63) is 53.1 Å². The third-order valence-electron chi connectivity index (χ3n) is 4.12. The van der Waals surface area contributed by atoms with Gasteiger partial charge in [-0.05, 0) is 49.4 Å². The number of halogens is 1. The molecule has 0 saturated heterocycles. The zero-order valence-corrected chi connectivity index (χ0v) is 16.8. The van der Waals surface area contributed by atoms with Crippen molar-refractivity contribution < 1.29 is 9.59 Å². The van der Waals surface area contributed by atoms with Crippen molar-refractivity contribution in [2.45, 2.75) is 17.9 Å². The van der Waals surface area contributed by atoms with Crippen LogP contribution in [-0.2, 0) is 4.79 Å². The van der Waals surface area contributed by atoms with Crippen LogP contribution in [0, 0.1) is 0 Å². The largest absolute Gasteiger partial charge is 0.324 e. The summed E-state index contributed by atoms with van der Waals surface area (Å²) in [5.41, 5.74) is 1.88. The van der Waals surface area contributed by atoms with E-state index in [4.69, 9.17) is 11.6 Å². The molecule has 0 aliphatic carbocycles. The van der Waals surface area contributed by atoms with Gasteiger partial charge in [-0.25, -0.2) is 0 Å². The number of amidine groups is 1. The van der Waals surface area contributed by atoms with Gasteiger partial charge in [0.1, 0.15) is 0 Å². The van der Waals surface area contributed by atoms with Gasteiger partial charge in [0, 0.05) is 21.2 Å². The molecule has 5 nitrogen and oxygen atoms in total. The van der Waals surface area contributed by atoms with Crippen LogP contribution < -0.4 is 10.2 Å².